The van der Waals surface area contributed by atoms with Gasteiger partial charge in [-0.15, -0.1) is 0 Å². The fourth-order valence-corrected chi connectivity index (χ4v) is 8.08. The quantitative estimate of drug-likeness (QED) is 0.172. The summed E-state index contributed by atoms with van der Waals surface area (Å²) in [6, 6.07) is 58.9. The number of hydrogen-bond acceptors (Lipinski definition) is 2. The van der Waals surface area contributed by atoms with Gasteiger partial charge in [-0.1, -0.05) is 139 Å². The Morgan fingerprint density at radius 1 is 0.418 bits per heavy atom. The van der Waals surface area contributed by atoms with E-state index in [9.17, 15) is 0 Å². The largest absolute Gasteiger partial charge is 0.456 e. The van der Waals surface area contributed by atoms with Crippen LogP contribution >= 0.6 is 0 Å². The zero-order valence-electron chi connectivity index (χ0n) is 34.5. The van der Waals surface area contributed by atoms with Crippen molar-refractivity contribution in [2.75, 3.05) is 4.90 Å². The minimum atomic E-state index is -0.409. The molecule has 0 spiro atoms. The first kappa shape index (κ1) is 26.4. The van der Waals surface area contributed by atoms with Crippen molar-refractivity contribution in [1.29, 1.82) is 0 Å². The fraction of sp³-hybridized carbons (Fsp3) is 0. The zero-order chi connectivity index (χ0) is 40.6. The predicted molar refractivity (Wildman–Crippen MR) is 231 cm³/mol. The third kappa shape index (κ3) is 5.20. The van der Waals surface area contributed by atoms with E-state index in [0.717, 1.165) is 61.3 Å². The molecule has 11 rings (SSSR count). The average molecular weight is 708 g/mol. The molecule has 9 aromatic carbocycles. The molecule has 0 aliphatic heterocycles. The van der Waals surface area contributed by atoms with Gasteiger partial charge >= 0.3 is 0 Å². The van der Waals surface area contributed by atoms with Crippen LogP contribution in [0.15, 0.2) is 211 Å². The zero-order valence-corrected chi connectivity index (χ0v) is 29.5. The average Bonchev–Trinajstić information content (AvgIpc) is 3.84. The summed E-state index contributed by atoms with van der Waals surface area (Å²) >= 11 is 0. The molecule has 2 heterocycles. The Bertz CT molecular complexity index is 3450. The Morgan fingerprint density at radius 3 is 1.80 bits per heavy atom. The molecular weight excluding hydrogens is 669 g/mol. The van der Waals surface area contributed by atoms with Crippen molar-refractivity contribution in [1.82, 2.24) is 4.57 Å². The van der Waals surface area contributed by atoms with Crippen molar-refractivity contribution in [2.24, 2.45) is 0 Å². The number of nitrogens with zero attached hydrogens (tertiary/aromatic N) is 2. The van der Waals surface area contributed by atoms with Crippen molar-refractivity contribution in [3.63, 3.8) is 0 Å². The van der Waals surface area contributed by atoms with Gasteiger partial charge in [0.2, 0.25) is 0 Å². The van der Waals surface area contributed by atoms with Gasteiger partial charge in [0.25, 0.3) is 0 Å². The molecule has 0 fully saturated rings. The Balaban J connectivity index is 1.04. The van der Waals surface area contributed by atoms with Crippen LogP contribution in [-0.2, 0) is 0 Å². The van der Waals surface area contributed by atoms with E-state index in [0.29, 0.717) is 5.56 Å². The molecule has 0 saturated carbocycles. The predicted octanol–water partition coefficient (Wildman–Crippen LogP) is 14.6. The minimum absolute atomic E-state index is 0.170. The molecule has 0 bridgehead atoms. The van der Waals surface area contributed by atoms with Crippen LogP contribution < -0.4 is 4.90 Å². The Labute approximate surface area is 325 Å². The van der Waals surface area contributed by atoms with Crippen LogP contribution in [0.3, 0.4) is 0 Å². The molecule has 0 unspecified atom stereocenters. The van der Waals surface area contributed by atoms with E-state index in [4.69, 9.17) is 11.3 Å². The Morgan fingerprint density at radius 2 is 1.02 bits per heavy atom. The van der Waals surface area contributed by atoms with Crippen molar-refractivity contribution >= 4 is 71.6 Å². The molecule has 0 atom stereocenters. The second-order valence-corrected chi connectivity index (χ2v) is 13.8. The van der Waals surface area contributed by atoms with E-state index < -0.39 is 6.04 Å². The lowest BCUT2D eigenvalue weighted by atomic mass is 10.0. The van der Waals surface area contributed by atoms with E-state index in [1.807, 2.05) is 48.5 Å². The van der Waals surface area contributed by atoms with Crippen LogP contribution in [0.1, 0.15) is 6.85 Å². The molecular formula is C52H34N2O. The maximum absolute atomic E-state index is 8.56. The molecule has 0 radical (unpaired) electrons. The van der Waals surface area contributed by atoms with Gasteiger partial charge in [-0.05, 0) is 88.3 Å². The van der Waals surface area contributed by atoms with Crippen LogP contribution in [0.2, 0.25) is 0 Å². The lowest BCUT2D eigenvalue weighted by Crippen LogP contribution is -2.09. The van der Waals surface area contributed by atoms with Crippen LogP contribution in [0.5, 0.6) is 0 Å². The highest BCUT2D eigenvalue weighted by molar-refractivity contribution is 6.19. The van der Waals surface area contributed by atoms with Gasteiger partial charge in [0.1, 0.15) is 11.2 Å². The summed E-state index contributed by atoms with van der Waals surface area (Å²) in [6.45, 7) is 0. The lowest BCUT2D eigenvalue weighted by Gasteiger charge is -2.26. The molecule has 3 heteroatoms. The summed E-state index contributed by atoms with van der Waals surface area (Å²) < 4.78 is 50.3. The number of aromatic nitrogens is 1. The first-order chi connectivity index (χ1) is 29.3. The maximum atomic E-state index is 8.56. The Kier molecular flexibility index (Phi) is 6.07. The van der Waals surface area contributed by atoms with Crippen molar-refractivity contribution in [3.05, 3.63) is 206 Å². The molecule has 0 aliphatic carbocycles. The van der Waals surface area contributed by atoms with Crippen LogP contribution in [0.25, 0.3) is 82.5 Å². The lowest BCUT2D eigenvalue weighted by molar-refractivity contribution is 0.669. The van der Waals surface area contributed by atoms with E-state index in [1.54, 1.807) is 0 Å². The molecule has 258 valence electrons. The van der Waals surface area contributed by atoms with Crippen LogP contribution in [0.4, 0.5) is 17.1 Å². The normalized spacial score (nSPS) is 12.9. The number of benzene rings is 9. The third-order valence-corrected chi connectivity index (χ3v) is 10.7. The molecule has 0 amide bonds. The summed E-state index contributed by atoms with van der Waals surface area (Å²) in [5.41, 5.74) is 10.5. The van der Waals surface area contributed by atoms with Gasteiger partial charge < -0.3 is 13.9 Å². The highest BCUT2D eigenvalue weighted by Crippen LogP contribution is 2.41. The summed E-state index contributed by atoms with van der Waals surface area (Å²) in [6.07, 6.45) is 0. The first-order valence-electron chi connectivity index (χ1n) is 20.8. The van der Waals surface area contributed by atoms with Gasteiger partial charge in [0.15, 0.2) is 0 Å². The monoisotopic (exact) mass is 707 g/mol. The van der Waals surface area contributed by atoms with E-state index in [1.165, 1.54) is 27.1 Å². The second-order valence-electron chi connectivity index (χ2n) is 13.8. The van der Waals surface area contributed by atoms with Gasteiger partial charge in [-0.25, -0.2) is 0 Å². The van der Waals surface area contributed by atoms with Crippen molar-refractivity contribution in [3.8, 4) is 27.9 Å². The van der Waals surface area contributed by atoms with E-state index >= 15 is 0 Å². The third-order valence-electron chi connectivity index (χ3n) is 10.7. The van der Waals surface area contributed by atoms with Crippen molar-refractivity contribution < 1.29 is 11.3 Å². The second kappa shape index (κ2) is 12.6. The molecule has 55 heavy (non-hydrogen) atoms. The number of para-hydroxylation sites is 2. The maximum Gasteiger partial charge on any atom is 0.137 e. The summed E-state index contributed by atoms with van der Waals surface area (Å²) in [7, 11) is 0. The summed E-state index contributed by atoms with van der Waals surface area (Å²) in [5.74, 6) is 0. The molecule has 11 aromatic rings. The highest BCUT2D eigenvalue weighted by Gasteiger charge is 2.18. The van der Waals surface area contributed by atoms with Crippen LogP contribution in [0, 0.1) is 0 Å². The van der Waals surface area contributed by atoms with Gasteiger partial charge in [-0.2, -0.15) is 0 Å². The first-order valence-corrected chi connectivity index (χ1v) is 18.3. The standard InChI is InChI=1S/C52H34N2O/c1-3-11-35(12-4-1)36-19-25-41(26-20-36)53(43-29-32-47-46-17-9-10-18-50(46)55-51(47)34-43)42-27-21-37(22-28-42)39-24-30-45-48-31-23-38-13-7-8-16-44(38)52(48)54(49(45)33-39)40-14-5-2-6-15-40/h1-34H/i1D,3D,4D,11D,12D. The smallest absolute Gasteiger partial charge is 0.137 e. The molecule has 0 N–H and O–H groups in total. The van der Waals surface area contributed by atoms with Gasteiger partial charge in [-0.3, -0.25) is 0 Å². The fourth-order valence-electron chi connectivity index (χ4n) is 8.08. The molecule has 0 saturated heterocycles. The van der Waals surface area contributed by atoms with E-state index in [2.05, 4.69) is 137 Å². The van der Waals surface area contributed by atoms with E-state index in [-0.39, 0.29) is 29.7 Å². The molecule has 3 nitrogen and oxygen atoms in total. The molecule has 2 aromatic heterocycles. The number of fused-ring (bicyclic) bond motifs is 8. The van der Waals surface area contributed by atoms with Crippen LogP contribution in [-0.4, -0.2) is 4.57 Å². The van der Waals surface area contributed by atoms with Gasteiger partial charge in [0.05, 0.1) is 17.9 Å². The highest BCUT2D eigenvalue weighted by atomic mass is 16.3. The minimum Gasteiger partial charge on any atom is -0.456 e. The molecule has 0 aliphatic rings. The summed E-state index contributed by atoms with van der Waals surface area (Å²) in [5, 5.41) is 6.90. The number of furan rings is 1. The number of hydrogen-bond donors (Lipinski definition) is 0. The van der Waals surface area contributed by atoms with Gasteiger partial charge in [0, 0.05) is 55.7 Å². The van der Waals surface area contributed by atoms with Crippen molar-refractivity contribution in [2.45, 2.75) is 0 Å². The SMILES string of the molecule is [2H]c1c([2H])c([2H])c(-c2ccc(N(c3ccc(-c4ccc5c6ccc7ccccc7c6n(-c6ccccc6)c5c4)cc3)c3ccc4c(c3)oc3ccccc34)cc2)c([2H])c1[2H]. The Hall–Kier alpha value is -7.36. The number of rotatable bonds is 6. The summed E-state index contributed by atoms with van der Waals surface area (Å²) in [4.78, 5) is 2.14. The number of anilines is 3. The topological polar surface area (TPSA) is 21.3 Å².